The maximum Gasteiger partial charge on any atom is 0.225 e. The Balaban J connectivity index is 1.41. The van der Waals surface area contributed by atoms with Crippen molar-refractivity contribution >= 4 is 5.95 Å². The number of hydrogen-bond donors (Lipinski definition) is 0. The molecule has 7 heteroatoms. The lowest BCUT2D eigenvalue weighted by Crippen LogP contribution is -2.35. The van der Waals surface area contributed by atoms with Gasteiger partial charge >= 0.3 is 0 Å². The highest BCUT2D eigenvalue weighted by Gasteiger charge is 2.27. The third-order valence-electron chi connectivity index (χ3n) is 6.04. The van der Waals surface area contributed by atoms with Crippen LogP contribution in [-0.4, -0.2) is 56.8 Å². The number of nitrogens with zero attached hydrogens (tertiary/aromatic N) is 7. The highest BCUT2D eigenvalue weighted by molar-refractivity contribution is 5.32. The van der Waals surface area contributed by atoms with Gasteiger partial charge in [0.1, 0.15) is 11.6 Å². The van der Waals surface area contributed by atoms with Gasteiger partial charge in [-0.1, -0.05) is 12.8 Å². The van der Waals surface area contributed by atoms with Crippen LogP contribution < -0.4 is 4.90 Å². The van der Waals surface area contributed by atoms with Gasteiger partial charge in [-0.05, 0) is 45.8 Å². The van der Waals surface area contributed by atoms with Gasteiger partial charge in [0.05, 0.1) is 6.54 Å². The molecule has 3 heterocycles. The summed E-state index contributed by atoms with van der Waals surface area (Å²) in [5, 5.41) is 8.89. The molecule has 0 spiro atoms. The van der Waals surface area contributed by atoms with Crippen LogP contribution in [0, 0.1) is 0 Å². The van der Waals surface area contributed by atoms with Crippen LogP contribution in [0.25, 0.3) is 0 Å². The molecule has 0 bridgehead atoms. The van der Waals surface area contributed by atoms with E-state index in [0.29, 0.717) is 11.8 Å². The van der Waals surface area contributed by atoms with E-state index in [-0.39, 0.29) is 0 Å². The molecule has 1 saturated carbocycles. The number of piperidine rings is 1. The standard InChI is InChI=1S/C20H31N7/c1-25(2)14-18-23-24-19(26(18)3)16-9-12-27(13-10-16)20-21-11-8-17(22-20)15-6-4-5-7-15/h8,11,15-16H,4-7,9-10,12-14H2,1-3H3. The molecule has 2 aliphatic rings. The normalized spacial score (nSPS) is 19.3. The van der Waals surface area contributed by atoms with E-state index in [2.05, 4.69) is 56.8 Å². The van der Waals surface area contributed by atoms with E-state index >= 15 is 0 Å². The fraction of sp³-hybridized carbons (Fsp3) is 0.700. The van der Waals surface area contributed by atoms with Gasteiger partial charge in [-0.2, -0.15) is 0 Å². The van der Waals surface area contributed by atoms with E-state index < -0.39 is 0 Å². The molecule has 4 rings (SSSR count). The van der Waals surface area contributed by atoms with E-state index in [1.807, 2.05) is 6.20 Å². The fourth-order valence-electron chi connectivity index (χ4n) is 4.45. The Hall–Kier alpha value is -2.02. The average molecular weight is 370 g/mol. The Morgan fingerprint density at radius 2 is 1.78 bits per heavy atom. The molecule has 1 aliphatic heterocycles. The van der Waals surface area contributed by atoms with Crippen molar-refractivity contribution < 1.29 is 0 Å². The second kappa shape index (κ2) is 7.92. The minimum Gasteiger partial charge on any atom is -0.341 e. The van der Waals surface area contributed by atoms with Crippen molar-refractivity contribution in [3.8, 4) is 0 Å². The first-order valence-electron chi connectivity index (χ1n) is 10.2. The fourth-order valence-corrected chi connectivity index (χ4v) is 4.45. The summed E-state index contributed by atoms with van der Waals surface area (Å²) in [4.78, 5) is 13.9. The molecular weight excluding hydrogens is 338 g/mol. The van der Waals surface area contributed by atoms with Crippen molar-refractivity contribution in [3.63, 3.8) is 0 Å². The van der Waals surface area contributed by atoms with E-state index in [9.17, 15) is 0 Å². The van der Waals surface area contributed by atoms with E-state index in [1.54, 1.807) is 0 Å². The first kappa shape index (κ1) is 18.3. The largest absolute Gasteiger partial charge is 0.341 e. The lowest BCUT2D eigenvalue weighted by atomic mass is 9.96. The summed E-state index contributed by atoms with van der Waals surface area (Å²) >= 11 is 0. The predicted octanol–water partition coefficient (Wildman–Crippen LogP) is 2.71. The number of rotatable bonds is 5. The quantitative estimate of drug-likeness (QED) is 0.807. The highest BCUT2D eigenvalue weighted by atomic mass is 15.3. The van der Waals surface area contributed by atoms with Crippen LogP contribution in [-0.2, 0) is 13.6 Å². The van der Waals surface area contributed by atoms with Crippen LogP contribution in [0.15, 0.2) is 12.3 Å². The van der Waals surface area contributed by atoms with Crippen molar-refractivity contribution in [2.75, 3.05) is 32.1 Å². The molecule has 0 aromatic carbocycles. The third kappa shape index (κ3) is 3.98. The molecule has 7 nitrogen and oxygen atoms in total. The Morgan fingerprint density at radius 3 is 2.48 bits per heavy atom. The summed E-state index contributed by atoms with van der Waals surface area (Å²) in [6.45, 7) is 2.79. The summed E-state index contributed by atoms with van der Waals surface area (Å²) in [6, 6.07) is 2.11. The van der Waals surface area contributed by atoms with Gasteiger partial charge in [-0.15, -0.1) is 10.2 Å². The van der Waals surface area contributed by atoms with E-state index in [4.69, 9.17) is 4.98 Å². The first-order valence-corrected chi connectivity index (χ1v) is 10.2. The Bertz CT molecular complexity index is 755. The summed E-state index contributed by atoms with van der Waals surface area (Å²) in [6.07, 6.45) is 9.32. The van der Waals surface area contributed by atoms with E-state index in [1.165, 1.54) is 31.4 Å². The van der Waals surface area contributed by atoms with Crippen molar-refractivity contribution in [3.05, 3.63) is 29.6 Å². The number of anilines is 1. The van der Waals surface area contributed by atoms with Crippen LogP contribution in [0.5, 0.6) is 0 Å². The molecule has 0 amide bonds. The second-order valence-corrected chi connectivity index (χ2v) is 8.30. The van der Waals surface area contributed by atoms with Gasteiger partial charge in [-0.25, -0.2) is 9.97 Å². The van der Waals surface area contributed by atoms with Crippen LogP contribution in [0.1, 0.15) is 67.7 Å². The van der Waals surface area contributed by atoms with Gasteiger partial charge in [0.2, 0.25) is 5.95 Å². The Labute approximate surface area is 161 Å². The monoisotopic (exact) mass is 369 g/mol. The smallest absolute Gasteiger partial charge is 0.225 e. The molecule has 2 aromatic heterocycles. The second-order valence-electron chi connectivity index (χ2n) is 8.30. The maximum absolute atomic E-state index is 4.91. The SMILES string of the molecule is CN(C)Cc1nnc(C2CCN(c3nccc(C4CCCC4)n3)CC2)n1C. The van der Waals surface area contributed by atoms with Crippen molar-refractivity contribution in [1.29, 1.82) is 0 Å². The molecule has 2 fully saturated rings. The topological polar surface area (TPSA) is 63.0 Å². The lowest BCUT2D eigenvalue weighted by Gasteiger charge is -2.31. The van der Waals surface area contributed by atoms with Crippen LogP contribution in [0.4, 0.5) is 5.95 Å². The predicted molar refractivity (Wildman–Crippen MR) is 106 cm³/mol. The average Bonchev–Trinajstić information content (AvgIpc) is 3.33. The van der Waals surface area contributed by atoms with Crippen LogP contribution in [0.2, 0.25) is 0 Å². The summed E-state index contributed by atoms with van der Waals surface area (Å²) in [5.74, 6) is 4.16. The Kier molecular flexibility index (Phi) is 5.38. The molecule has 0 N–H and O–H groups in total. The summed E-state index contributed by atoms with van der Waals surface area (Å²) in [5.41, 5.74) is 1.24. The molecular formula is C20H31N7. The maximum atomic E-state index is 4.91. The molecule has 1 saturated heterocycles. The zero-order valence-corrected chi connectivity index (χ0v) is 16.8. The third-order valence-corrected chi connectivity index (χ3v) is 6.04. The van der Waals surface area contributed by atoms with Crippen LogP contribution >= 0.6 is 0 Å². The summed E-state index contributed by atoms with van der Waals surface area (Å²) in [7, 11) is 6.22. The molecule has 1 aliphatic carbocycles. The summed E-state index contributed by atoms with van der Waals surface area (Å²) < 4.78 is 2.18. The molecule has 0 radical (unpaired) electrons. The van der Waals surface area contributed by atoms with Gasteiger partial charge in [0.25, 0.3) is 0 Å². The Morgan fingerprint density at radius 1 is 1.04 bits per heavy atom. The van der Waals surface area contributed by atoms with Crippen LogP contribution in [0.3, 0.4) is 0 Å². The van der Waals surface area contributed by atoms with Crippen molar-refractivity contribution in [2.24, 2.45) is 7.05 Å². The molecule has 2 aromatic rings. The first-order chi connectivity index (χ1) is 13.1. The van der Waals surface area contributed by atoms with Gasteiger partial charge in [-0.3, -0.25) is 0 Å². The zero-order valence-electron chi connectivity index (χ0n) is 16.8. The van der Waals surface area contributed by atoms with Gasteiger partial charge < -0.3 is 14.4 Å². The van der Waals surface area contributed by atoms with E-state index in [0.717, 1.165) is 50.1 Å². The number of hydrogen-bond acceptors (Lipinski definition) is 6. The lowest BCUT2D eigenvalue weighted by molar-refractivity contribution is 0.381. The molecule has 27 heavy (non-hydrogen) atoms. The van der Waals surface area contributed by atoms with Gasteiger partial charge in [0, 0.05) is 43.9 Å². The minimum atomic E-state index is 0.465. The number of aromatic nitrogens is 5. The minimum absolute atomic E-state index is 0.465. The van der Waals surface area contributed by atoms with Gasteiger partial charge in [0.15, 0.2) is 0 Å². The molecule has 0 atom stereocenters. The van der Waals surface area contributed by atoms with Crippen molar-refractivity contribution in [1.82, 2.24) is 29.6 Å². The highest BCUT2D eigenvalue weighted by Crippen LogP contribution is 2.34. The van der Waals surface area contributed by atoms with Crippen molar-refractivity contribution in [2.45, 2.75) is 56.9 Å². The zero-order chi connectivity index (χ0) is 18.8. The molecule has 0 unspecified atom stereocenters. The molecule has 146 valence electrons.